The predicted octanol–water partition coefficient (Wildman–Crippen LogP) is 10.7. The second-order valence-electron chi connectivity index (χ2n) is 14.6. The summed E-state index contributed by atoms with van der Waals surface area (Å²) >= 11 is 0. The van der Waals surface area contributed by atoms with Crippen LogP contribution in [-0.2, 0) is 4.74 Å². The lowest BCUT2D eigenvalue weighted by molar-refractivity contribution is -0.00202. The second kappa shape index (κ2) is 12.3. The SMILES string of the molecule is c1ccc(-c2ccc3c4ccccc4n(C4CCC5OC6CC(c7nc(-c8ccccc8)nc(-c8ccccc8)n7)CCC6C5C4)c3c2)cc1. The van der Waals surface area contributed by atoms with Crippen molar-refractivity contribution >= 4 is 21.8 Å². The van der Waals surface area contributed by atoms with E-state index in [4.69, 9.17) is 19.7 Å². The molecule has 3 heterocycles. The molecule has 10 rings (SSSR count). The highest BCUT2D eigenvalue weighted by Gasteiger charge is 2.50. The Kier molecular flexibility index (Phi) is 7.34. The van der Waals surface area contributed by atoms with Crippen LogP contribution in [0.4, 0.5) is 0 Å². The number of ether oxygens (including phenoxy) is 1. The normalized spacial score (nSPS) is 24.6. The van der Waals surface area contributed by atoms with Gasteiger partial charge in [-0.05, 0) is 73.6 Å². The Hall–Kier alpha value is -5.13. The van der Waals surface area contributed by atoms with Gasteiger partial charge in [-0.2, -0.15) is 0 Å². The van der Waals surface area contributed by atoms with Gasteiger partial charge in [0.05, 0.1) is 12.2 Å². The van der Waals surface area contributed by atoms with E-state index < -0.39 is 0 Å². The van der Waals surface area contributed by atoms with Crippen LogP contribution in [0.25, 0.3) is 55.7 Å². The fourth-order valence-electron chi connectivity index (χ4n) is 9.48. The standard InChI is InChI=1S/C45H40N4O/c1-4-12-29(13-5-1)32-20-23-36-35-18-10-11-19-39(35)49(40(36)26-32)34-22-25-41-38(28-34)37-24-21-33(27-42(37)50-41)45-47-43(30-14-6-2-7-15-30)46-44(48-45)31-16-8-3-9-17-31/h1-20,23,26,33-34,37-38,41-42H,21-22,24-25,27-28H2. The Morgan fingerprint density at radius 3 is 1.84 bits per heavy atom. The molecule has 50 heavy (non-hydrogen) atoms. The van der Waals surface area contributed by atoms with Crippen LogP contribution < -0.4 is 0 Å². The maximum absolute atomic E-state index is 6.99. The first-order valence-electron chi connectivity index (χ1n) is 18.4. The third-order valence-electron chi connectivity index (χ3n) is 11.8. The number of benzene rings is 5. The molecular formula is C45H40N4O. The fourth-order valence-corrected chi connectivity index (χ4v) is 9.48. The Labute approximate surface area is 293 Å². The van der Waals surface area contributed by atoms with Crippen molar-refractivity contribution < 1.29 is 4.74 Å². The van der Waals surface area contributed by atoms with E-state index in [1.165, 1.54) is 39.4 Å². The highest BCUT2D eigenvalue weighted by Crippen LogP contribution is 2.53. The van der Waals surface area contributed by atoms with Gasteiger partial charge in [0.15, 0.2) is 11.6 Å². The molecular weight excluding hydrogens is 613 g/mol. The molecule has 2 saturated carbocycles. The minimum atomic E-state index is 0.252. The number of rotatable bonds is 5. The van der Waals surface area contributed by atoms with Gasteiger partial charge < -0.3 is 9.30 Å². The smallest absolute Gasteiger partial charge is 0.163 e. The average Bonchev–Trinajstić information content (AvgIpc) is 3.73. The quantitative estimate of drug-likeness (QED) is 0.186. The molecule has 0 radical (unpaired) electrons. The van der Waals surface area contributed by atoms with Crippen LogP contribution in [0.15, 0.2) is 133 Å². The van der Waals surface area contributed by atoms with Crippen LogP contribution in [-0.4, -0.2) is 31.7 Å². The molecule has 3 fully saturated rings. The summed E-state index contributed by atoms with van der Waals surface area (Å²) in [6.07, 6.45) is 7.23. The van der Waals surface area contributed by atoms with Crippen molar-refractivity contribution in [2.75, 3.05) is 0 Å². The average molecular weight is 653 g/mol. The van der Waals surface area contributed by atoms with Crippen molar-refractivity contribution in [3.8, 4) is 33.9 Å². The first-order chi connectivity index (χ1) is 24.8. The molecule has 6 unspecified atom stereocenters. The third kappa shape index (κ3) is 5.14. The van der Waals surface area contributed by atoms with Crippen molar-refractivity contribution in [2.45, 2.75) is 62.7 Å². The highest BCUT2D eigenvalue weighted by molar-refractivity contribution is 6.09. The third-order valence-corrected chi connectivity index (χ3v) is 11.8. The minimum absolute atomic E-state index is 0.252. The molecule has 1 aliphatic heterocycles. The number of nitrogens with zero attached hydrogens (tertiary/aromatic N) is 4. The summed E-state index contributed by atoms with van der Waals surface area (Å²) in [6, 6.07) is 47.9. The maximum atomic E-state index is 6.99. The molecule has 2 aliphatic carbocycles. The Balaban J connectivity index is 0.947. The molecule has 2 aromatic heterocycles. The van der Waals surface area contributed by atoms with Gasteiger partial charge in [0, 0.05) is 44.9 Å². The zero-order valence-electron chi connectivity index (χ0n) is 28.1. The van der Waals surface area contributed by atoms with Crippen molar-refractivity contribution in [1.82, 2.24) is 19.5 Å². The number of fused-ring (bicyclic) bond motifs is 6. The Morgan fingerprint density at radius 1 is 0.480 bits per heavy atom. The monoisotopic (exact) mass is 652 g/mol. The van der Waals surface area contributed by atoms with Gasteiger partial charge in [-0.25, -0.2) is 15.0 Å². The highest BCUT2D eigenvalue weighted by atomic mass is 16.5. The van der Waals surface area contributed by atoms with E-state index in [1.54, 1.807) is 0 Å². The van der Waals surface area contributed by atoms with E-state index in [1.807, 2.05) is 12.1 Å². The van der Waals surface area contributed by atoms with E-state index in [0.29, 0.717) is 24.0 Å². The summed E-state index contributed by atoms with van der Waals surface area (Å²) < 4.78 is 9.68. The maximum Gasteiger partial charge on any atom is 0.163 e. The number of aromatic nitrogens is 4. The molecule has 5 aromatic carbocycles. The summed E-state index contributed by atoms with van der Waals surface area (Å²) in [5, 5.41) is 2.71. The van der Waals surface area contributed by atoms with Crippen LogP contribution in [0.5, 0.6) is 0 Å². The van der Waals surface area contributed by atoms with Crippen LogP contribution >= 0.6 is 0 Å². The first kappa shape index (κ1) is 29.8. The second-order valence-corrected chi connectivity index (χ2v) is 14.6. The zero-order chi connectivity index (χ0) is 33.0. The summed E-state index contributed by atoms with van der Waals surface area (Å²) in [4.78, 5) is 15.2. The molecule has 0 amide bonds. The van der Waals surface area contributed by atoms with E-state index in [0.717, 1.165) is 60.7 Å². The van der Waals surface area contributed by atoms with Crippen LogP contribution in [0.2, 0.25) is 0 Å². The minimum Gasteiger partial charge on any atom is -0.374 e. The van der Waals surface area contributed by atoms with Crippen LogP contribution in [0.3, 0.4) is 0 Å². The number of para-hydroxylation sites is 1. The first-order valence-corrected chi connectivity index (χ1v) is 18.4. The largest absolute Gasteiger partial charge is 0.374 e. The molecule has 5 nitrogen and oxygen atoms in total. The number of hydrogen-bond acceptors (Lipinski definition) is 4. The lowest BCUT2D eigenvalue weighted by Crippen LogP contribution is -2.32. The van der Waals surface area contributed by atoms with E-state index in [-0.39, 0.29) is 12.0 Å². The molecule has 5 heteroatoms. The van der Waals surface area contributed by atoms with Gasteiger partial charge in [0.2, 0.25) is 0 Å². The van der Waals surface area contributed by atoms with Gasteiger partial charge >= 0.3 is 0 Å². The summed E-state index contributed by atoms with van der Waals surface area (Å²) in [5.74, 6) is 3.83. The van der Waals surface area contributed by atoms with Gasteiger partial charge in [-0.1, -0.05) is 121 Å². The topological polar surface area (TPSA) is 52.8 Å². The van der Waals surface area contributed by atoms with Crippen molar-refractivity contribution in [1.29, 1.82) is 0 Å². The summed E-state index contributed by atoms with van der Waals surface area (Å²) in [6.45, 7) is 0. The lowest BCUT2D eigenvalue weighted by atomic mass is 9.70. The van der Waals surface area contributed by atoms with Gasteiger partial charge in [0.1, 0.15) is 5.82 Å². The molecule has 1 saturated heterocycles. The van der Waals surface area contributed by atoms with E-state index in [2.05, 4.69) is 126 Å². The van der Waals surface area contributed by atoms with Crippen molar-refractivity contribution in [3.05, 3.63) is 139 Å². The van der Waals surface area contributed by atoms with Crippen LogP contribution in [0.1, 0.15) is 56.3 Å². The van der Waals surface area contributed by atoms with E-state index >= 15 is 0 Å². The molecule has 0 bridgehead atoms. The summed E-state index contributed by atoms with van der Waals surface area (Å²) in [5.41, 5.74) is 7.31. The molecule has 246 valence electrons. The molecule has 3 aliphatic rings. The molecule has 0 spiro atoms. The van der Waals surface area contributed by atoms with E-state index in [9.17, 15) is 0 Å². The van der Waals surface area contributed by atoms with Gasteiger partial charge in [-0.3, -0.25) is 0 Å². The Morgan fingerprint density at radius 2 is 1.12 bits per heavy atom. The molecule has 7 aromatic rings. The molecule has 6 atom stereocenters. The number of hydrogen-bond donors (Lipinski definition) is 0. The zero-order valence-corrected chi connectivity index (χ0v) is 28.1. The fraction of sp³-hybridized carbons (Fsp3) is 0.267. The van der Waals surface area contributed by atoms with Crippen LogP contribution in [0, 0.1) is 11.8 Å². The van der Waals surface area contributed by atoms with Crippen molar-refractivity contribution in [3.63, 3.8) is 0 Å². The summed E-state index contributed by atoms with van der Waals surface area (Å²) in [7, 11) is 0. The predicted molar refractivity (Wildman–Crippen MR) is 201 cm³/mol. The lowest BCUT2D eigenvalue weighted by Gasteiger charge is -2.36. The van der Waals surface area contributed by atoms with Gasteiger partial charge in [0.25, 0.3) is 0 Å². The van der Waals surface area contributed by atoms with Gasteiger partial charge in [-0.15, -0.1) is 0 Å². The molecule has 0 N–H and O–H groups in total. The van der Waals surface area contributed by atoms with Crippen molar-refractivity contribution in [2.24, 2.45) is 11.8 Å². The Bertz CT molecular complexity index is 2240.